The Morgan fingerprint density at radius 3 is 2.35 bits per heavy atom. The minimum atomic E-state index is -1.06. The summed E-state index contributed by atoms with van der Waals surface area (Å²) in [6.07, 6.45) is -1.72. The molecule has 0 atom stereocenters. The molecule has 8 nitrogen and oxygen atoms in total. The van der Waals surface area contributed by atoms with E-state index in [4.69, 9.17) is 14.6 Å². The standard InChI is InChI=1S/C18H24N2O6/c1-18(2,3)26-17(24)20(14-9-19(10-14)16(22)23)11-15(21)25-12-13-7-5-4-6-8-13/h4-8,14H,9-12H2,1-3H3,(H,22,23). The van der Waals surface area contributed by atoms with Crippen molar-refractivity contribution >= 4 is 18.2 Å². The molecule has 2 amide bonds. The van der Waals surface area contributed by atoms with Gasteiger partial charge in [-0.25, -0.2) is 9.59 Å². The lowest BCUT2D eigenvalue weighted by Crippen LogP contribution is -2.63. The molecule has 142 valence electrons. The third kappa shape index (κ3) is 5.65. The Hall–Kier alpha value is -2.77. The maximum Gasteiger partial charge on any atom is 0.411 e. The second kappa shape index (κ2) is 8.07. The number of ether oxygens (including phenoxy) is 2. The van der Waals surface area contributed by atoms with E-state index in [1.807, 2.05) is 30.3 Å². The van der Waals surface area contributed by atoms with Crippen LogP contribution in [0.3, 0.4) is 0 Å². The summed E-state index contributed by atoms with van der Waals surface area (Å²) in [7, 11) is 0. The molecule has 1 aromatic carbocycles. The van der Waals surface area contributed by atoms with E-state index in [1.165, 1.54) is 4.90 Å². The molecule has 1 saturated heterocycles. The molecule has 0 unspecified atom stereocenters. The molecule has 0 aromatic heterocycles. The van der Waals surface area contributed by atoms with Crippen molar-refractivity contribution in [3.05, 3.63) is 35.9 Å². The average Bonchev–Trinajstić information content (AvgIpc) is 2.49. The first kappa shape index (κ1) is 19.6. The molecule has 1 aliphatic heterocycles. The lowest BCUT2D eigenvalue weighted by Gasteiger charge is -2.43. The second-order valence-corrected chi connectivity index (χ2v) is 7.10. The highest BCUT2D eigenvalue weighted by Crippen LogP contribution is 2.19. The van der Waals surface area contributed by atoms with Gasteiger partial charge in [0, 0.05) is 13.1 Å². The van der Waals surface area contributed by atoms with Gasteiger partial charge >= 0.3 is 18.2 Å². The summed E-state index contributed by atoms with van der Waals surface area (Å²) >= 11 is 0. The predicted molar refractivity (Wildman–Crippen MR) is 92.6 cm³/mol. The number of esters is 1. The molecule has 2 rings (SSSR count). The van der Waals surface area contributed by atoms with E-state index in [0.29, 0.717) is 0 Å². The van der Waals surface area contributed by atoms with Crippen molar-refractivity contribution in [2.75, 3.05) is 19.6 Å². The fourth-order valence-electron chi connectivity index (χ4n) is 2.39. The highest BCUT2D eigenvalue weighted by Gasteiger charge is 2.39. The Morgan fingerprint density at radius 2 is 1.81 bits per heavy atom. The lowest BCUT2D eigenvalue weighted by atomic mass is 10.1. The first-order chi connectivity index (χ1) is 12.2. The van der Waals surface area contributed by atoms with Crippen molar-refractivity contribution in [2.45, 2.75) is 39.0 Å². The number of carbonyl (C=O) groups is 3. The number of nitrogens with zero attached hydrogens (tertiary/aromatic N) is 2. The van der Waals surface area contributed by atoms with Gasteiger partial charge in [0.1, 0.15) is 18.8 Å². The zero-order valence-electron chi connectivity index (χ0n) is 15.2. The van der Waals surface area contributed by atoms with Crippen LogP contribution in [-0.2, 0) is 20.9 Å². The van der Waals surface area contributed by atoms with Gasteiger partial charge in [-0.05, 0) is 26.3 Å². The third-order valence-corrected chi connectivity index (χ3v) is 3.74. The quantitative estimate of drug-likeness (QED) is 0.806. The molecule has 1 heterocycles. The van der Waals surface area contributed by atoms with Crippen molar-refractivity contribution in [1.82, 2.24) is 9.80 Å². The fourth-order valence-corrected chi connectivity index (χ4v) is 2.39. The highest BCUT2D eigenvalue weighted by atomic mass is 16.6. The van der Waals surface area contributed by atoms with Crippen LogP contribution in [0.1, 0.15) is 26.3 Å². The number of carboxylic acid groups (broad SMARTS) is 1. The van der Waals surface area contributed by atoms with Crippen molar-refractivity contribution in [2.24, 2.45) is 0 Å². The highest BCUT2D eigenvalue weighted by molar-refractivity contribution is 5.79. The molecule has 8 heteroatoms. The SMILES string of the molecule is CC(C)(C)OC(=O)N(CC(=O)OCc1ccccc1)C1CN(C(=O)O)C1. The number of benzene rings is 1. The van der Waals surface area contributed by atoms with Gasteiger partial charge in [0.25, 0.3) is 0 Å². The third-order valence-electron chi connectivity index (χ3n) is 3.74. The Morgan fingerprint density at radius 1 is 1.19 bits per heavy atom. The van der Waals surface area contributed by atoms with Crippen LogP contribution in [0.4, 0.5) is 9.59 Å². The van der Waals surface area contributed by atoms with E-state index in [1.54, 1.807) is 20.8 Å². The van der Waals surface area contributed by atoms with Crippen molar-refractivity contribution in [3.8, 4) is 0 Å². The van der Waals surface area contributed by atoms with Crippen LogP contribution in [-0.4, -0.2) is 64.3 Å². The largest absolute Gasteiger partial charge is 0.465 e. The molecular weight excluding hydrogens is 340 g/mol. The van der Waals surface area contributed by atoms with Gasteiger partial charge < -0.3 is 19.5 Å². The summed E-state index contributed by atoms with van der Waals surface area (Å²) in [6.45, 7) is 5.26. The van der Waals surface area contributed by atoms with Gasteiger partial charge in [-0.1, -0.05) is 30.3 Å². The Bertz CT molecular complexity index is 649. The summed E-state index contributed by atoms with van der Waals surface area (Å²) in [5, 5.41) is 8.95. The van der Waals surface area contributed by atoms with E-state index in [9.17, 15) is 14.4 Å². The molecule has 1 aliphatic rings. The number of carbonyl (C=O) groups excluding carboxylic acids is 2. The number of rotatable bonds is 5. The minimum absolute atomic E-state index is 0.105. The average molecular weight is 364 g/mol. The van der Waals surface area contributed by atoms with E-state index in [0.717, 1.165) is 10.5 Å². The maximum absolute atomic E-state index is 12.4. The van der Waals surface area contributed by atoms with Gasteiger partial charge in [-0.2, -0.15) is 0 Å². The number of amides is 2. The van der Waals surface area contributed by atoms with Crippen LogP contribution in [0.5, 0.6) is 0 Å². The van der Waals surface area contributed by atoms with Gasteiger partial charge in [0.15, 0.2) is 0 Å². The van der Waals surface area contributed by atoms with E-state index in [-0.39, 0.29) is 26.2 Å². The first-order valence-corrected chi connectivity index (χ1v) is 8.33. The maximum atomic E-state index is 12.4. The van der Waals surface area contributed by atoms with Crippen molar-refractivity contribution < 1.29 is 29.0 Å². The smallest absolute Gasteiger partial charge is 0.411 e. The summed E-state index contributed by atoms with van der Waals surface area (Å²) in [6, 6.07) is 8.78. The first-order valence-electron chi connectivity index (χ1n) is 8.33. The molecule has 0 spiro atoms. The van der Waals surface area contributed by atoms with E-state index >= 15 is 0 Å². The summed E-state index contributed by atoms with van der Waals surface area (Å²) < 4.78 is 10.5. The predicted octanol–water partition coefficient (Wildman–Crippen LogP) is 2.33. The molecule has 0 radical (unpaired) electrons. The fraction of sp³-hybridized carbons (Fsp3) is 0.500. The Labute approximate surface area is 152 Å². The van der Waals surface area contributed by atoms with Gasteiger partial charge in [0.05, 0.1) is 6.04 Å². The molecular formula is C18H24N2O6. The van der Waals surface area contributed by atoms with Crippen LogP contribution in [0.25, 0.3) is 0 Å². The summed E-state index contributed by atoms with van der Waals surface area (Å²) in [5.74, 6) is -0.575. The van der Waals surface area contributed by atoms with Crippen LogP contribution in [0.2, 0.25) is 0 Å². The van der Waals surface area contributed by atoms with Crippen LogP contribution >= 0.6 is 0 Å². The molecule has 0 aliphatic carbocycles. The van der Waals surface area contributed by atoms with Crippen LogP contribution < -0.4 is 0 Å². The summed E-state index contributed by atoms with van der Waals surface area (Å²) in [4.78, 5) is 37.9. The van der Waals surface area contributed by atoms with Crippen LogP contribution in [0.15, 0.2) is 30.3 Å². The van der Waals surface area contributed by atoms with E-state index in [2.05, 4.69) is 0 Å². The van der Waals surface area contributed by atoms with E-state index < -0.39 is 29.8 Å². The molecule has 1 aromatic rings. The molecule has 26 heavy (non-hydrogen) atoms. The lowest BCUT2D eigenvalue weighted by molar-refractivity contribution is -0.147. The normalized spacial score (nSPS) is 14.3. The Kier molecular flexibility index (Phi) is 6.07. The zero-order valence-corrected chi connectivity index (χ0v) is 15.2. The van der Waals surface area contributed by atoms with Crippen LogP contribution in [0, 0.1) is 0 Å². The van der Waals surface area contributed by atoms with Crippen molar-refractivity contribution in [1.29, 1.82) is 0 Å². The second-order valence-electron chi connectivity index (χ2n) is 7.10. The Balaban J connectivity index is 1.95. The summed E-state index contributed by atoms with van der Waals surface area (Å²) in [5.41, 5.74) is 0.116. The monoisotopic (exact) mass is 364 g/mol. The number of hydrogen-bond donors (Lipinski definition) is 1. The minimum Gasteiger partial charge on any atom is -0.465 e. The number of hydrogen-bond acceptors (Lipinski definition) is 5. The van der Waals surface area contributed by atoms with Gasteiger partial charge in [-0.15, -0.1) is 0 Å². The number of likely N-dealkylation sites (tertiary alicyclic amines) is 1. The van der Waals surface area contributed by atoms with Crippen molar-refractivity contribution in [3.63, 3.8) is 0 Å². The molecule has 1 N–H and O–H groups in total. The molecule has 0 saturated carbocycles. The molecule has 1 fully saturated rings. The topological polar surface area (TPSA) is 96.4 Å². The van der Waals surface area contributed by atoms with Gasteiger partial charge in [-0.3, -0.25) is 9.69 Å². The zero-order chi connectivity index (χ0) is 19.3. The van der Waals surface area contributed by atoms with Gasteiger partial charge in [0.2, 0.25) is 0 Å². The molecule has 0 bridgehead atoms.